The monoisotopic (exact) mass is 228 g/mol. The molecule has 15 heavy (non-hydrogen) atoms. The molecular weight excluding hydrogens is 220 g/mol. The zero-order valence-electron chi connectivity index (χ0n) is 7.76. The number of aromatic amines is 1. The predicted molar refractivity (Wildman–Crippen MR) is 50.6 cm³/mol. The number of rotatable bonds is 3. The van der Waals surface area contributed by atoms with Crippen LogP contribution in [0.2, 0.25) is 0 Å². The normalized spacial score (nSPS) is 11.5. The van der Waals surface area contributed by atoms with Crippen LogP contribution in [-0.4, -0.2) is 23.8 Å². The molecule has 0 aliphatic carbocycles. The van der Waals surface area contributed by atoms with Gasteiger partial charge in [0.1, 0.15) is 11.2 Å². The van der Waals surface area contributed by atoms with Gasteiger partial charge in [0.15, 0.2) is 5.82 Å². The van der Waals surface area contributed by atoms with Gasteiger partial charge >= 0.3 is 0 Å². The quantitative estimate of drug-likeness (QED) is 0.796. The Morgan fingerprint density at radius 1 is 1.53 bits per heavy atom. The molecule has 0 aromatic carbocycles. The van der Waals surface area contributed by atoms with E-state index >= 15 is 0 Å². The van der Waals surface area contributed by atoms with Gasteiger partial charge in [-0.25, -0.2) is 8.42 Å². The zero-order valence-corrected chi connectivity index (χ0v) is 8.58. The van der Waals surface area contributed by atoms with E-state index in [1.807, 2.05) is 0 Å². The number of anilines is 1. The van der Waals surface area contributed by atoms with Crippen LogP contribution in [0.25, 0.3) is 0 Å². The van der Waals surface area contributed by atoms with E-state index in [0.717, 1.165) is 0 Å². The van der Waals surface area contributed by atoms with Gasteiger partial charge in [0.05, 0.1) is 11.9 Å². The van der Waals surface area contributed by atoms with Crippen molar-refractivity contribution in [2.45, 2.75) is 11.8 Å². The van der Waals surface area contributed by atoms with Crippen molar-refractivity contribution in [1.82, 2.24) is 15.4 Å². The molecule has 0 saturated carbocycles. The molecule has 2 rings (SSSR count). The molecule has 2 aromatic heterocycles. The molecule has 7 nitrogen and oxygen atoms in total. The fourth-order valence-electron chi connectivity index (χ4n) is 1.07. The van der Waals surface area contributed by atoms with Crippen molar-refractivity contribution in [1.29, 1.82) is 0 Å². The van der Waals surface area contributed by atoms with Crippen LogP contribution in [0.5, 0.6) is 0 Å². The number of hydrogen-bond acceptors (Lipinski definition) is 5. The van der Waals surface area contributed by atoms with Crippen LogP contribution in [0.1, 0.15) is 5.69 Å². The fourth-order valence-corrected chi connectivity index (χ4v) is 2.20. The highest BCUT2D eigenvalue weighted by molar-refractivity contribution is 7.92. The van der Waals surface area contributed by atoms with E-state index in [9.17, 15) is 8.42 Å². The lowest BCUT2D eigenvalue weighted by molar-refractivity contribution is 0.423. The van der Waals surface area contributed by atoms with E-state index < -0.39 is 10.0 Å². The van der Waals surface area contributed by atoms with Gasteiger partial charge in [-0.3, -0.25) is 9.82 Å². The van der Waals surface area contributed by atoms with E-state index in [2.05, 4.69) is 24.6 Å². The Hall–Kier alpha value is -1.83. The van der Waals surface area contributed by atoms with Crippen LogP contribution in [0, 0.1) is 6.92 Å². The van der Waals surface area contributed by atoms with Crippen molar-refractivity contribution < 1.29 is 12.9 Å². The number of sulfonamides is 1. The van der Waals surface area contributed by atoms with Crippen LogP contribution in [0.4, 0.5) is 5.82 Å². The van der Waals surface area contributed by atoms with E-state index in [4.69, 9.17) is 0 Å². The molecule has 0 atom stereocenters. The molecule has 0 unspecified atom stereocenters. The minimum atomic E-state index is -3.64. The number of hydrogen-bond donors (Lipinski definition) is 2. The minimum Gasteiger partial charge on any atom is -0.363 e. The Morgan fingerprint density at radius 2 is 2.33 bits per heavy atom. The lowest BCUT2D eigenvalue weighted by atomic mass is 10.5. The first-order valence-electron chi connectivity index (χ1n) is 4.03. The Kier molecular flexibility index (Phi) is 2.19. The van der Waals surface area contributed by atoms with Gasteiger partial charge in [0.25, 0.3) is 10.0 Å². The highest BCUT2D eigenvalue weighted by atomic mass is 32.2. The predicted octanol–water partition coefficient (Wildman–Crippen LogP) is 0.507. The molecule has 0 aliphatic heterocycles. The molecule has 8 heteroatoms. The molecule has 0 saturated heterocycles. The molecule has 0 spiro atoms. The summed E-state index contributed by atoms with van der Waals surface area (Å²) in [4.78, 5) is 0.0884. The average molecular weight is 228 g/mol. The van der Waals surface area contributed by atoms with E-state index in [1.165, 1.54) is 18.5 Å². The van der Waals surface area contributed by atoms with Crippen molar-refractivity contribution in [3.8, 4) is 0 Å². The number of H-pyrrole nitrogens is 1. The lowest BCUT2D eigenvalue weighted by Gasteiger charge is -2.02. The molecule has 0 bridgehead atoms. The van der Waals surface area contributed by atoms with Gasteiger partial charge in [0, 0.05) is 6.07 Å². The Labute approximate surface area is 85.5 Å². The van der Waals surface area contributed by atoms with E-state index in [1.54, 1.807) is 6.92 Å². The lowest BCUT2D eigenvalue weighted by Crippen LogP contribution is -2.13. The summed E-state index contributed by atoms with van der Waals surface area (Å²) in [6.45, 7) is 1.62. The number of nitrogens with zero attached hydrogens (tertiary/aromatic N) is 2. The van der Waals surface area contributed by atoms with Crippen molar-refractivity contribution >= 4 is 15.8 Å². The maximum Gasteiger partial charge on any atom is 0.266 e. The second-order valence-corrected chi connectivity index (χ2v) is 4.50. The molecule has 2 aromatic rings. The molecule has 80 valence electrons. The van der Waals surface area contributed by atoms with Crippen LogP contribution in [0.3, 0.4) is 0 Å². The molecule has 0 radical (unpaired) electrons. The Balaban J connectivity index is 2.33. The highest BCUT2D eigenvalue weighted by Gasteiger charge is 2.19. The molecule has 0 aliphatic rings. The summed E-state index contributed by atoms with van der Waals surface area (Å²) in [6, 6.07) is 1.41. The number of aryl methyl sites for hydroxylation is 1. The molecule has 0 amide bonds. The Morgan fingerprint density at radius 3 is 2.87 bits per heavy atom. The minimum absolute atomic E-state index is 0.0884. The van der Waals surface area contributed by atoms with E-state index in [0.29, 0.717) is 5.69 Å². The average Bonchev–Trinajstić information content (AvgIpc) is 2.75. The zero-order chi connectivity index (χ0) is 10.9. The van der Waals surface area contributed by atoms with Crippen molar-refractivity contribution in [3.63, 3.8) is 0 Å². The summed E-state index contributed by atoms with van der Waals surface area (Å²) in [5.41, 5.74) is 0.464. The summed E-state index contributed by atoms with van der Waals surface area (Å²) in [5.74, 6) is 0.135. The fraction of sp³-hybridized carbons (Fsp3) is 0.143. The summed E-state index contributed by atoms with van der Waals surface area (Å²) < 4.78 is 30.2. The van der Waals surface area contributed by atoms with Crippen molar-refractivity contribution in [3.05, 3.63) is 24.2 Å². The van der Waals surface area contributed by atoms with Gasteiger partial charge < -0.3 is 4.52 Å². The smallest absolute Gasteiger partial charge is 0.266 e. The third kappa shape index (κ3) is 1.84. The summed E-state index contributed by atoms with van der Waals surface area (Å²) >= 11 is 0. The van der Waals surface area contributed by atoms with Crippen molar-refractivity contribution in [2.75, 3.05) is 4.72 Å². The molecule has 2 heterocycles. The van der Waals surface area contributed by atoms with Gasteiger partial charge in [-0.2, -0.15) is 5.10 Å². The second-order valence-electron chi connectivity index (χ2n) is 2.85. The molecule has 0 fully saturated rings. The number of aromatic nitrogens is 3. The topological polar surface area (TPSA) is 101 Å². The third-order valence-corrected chi connectivity index (χ3v) is 3.22. The summed E-state index contributed by atoms with van der Waals surface area (Å²) in [7, 11) is -3.64. The van der Waals surface area contributed by atoms with Crippen LogP contribution in [0.15, 0.2) is 27.9 Å². The molecular formula is C7H8N4O3S. The summed E-state index contributed by atoms with van der Waals surface area (Å²) in [6.07, 6.45) is 2.51. The highest BCUT2D eigenvalue weighted by Crippen LogP contribution is 2.15. The van der Waals surface area contributed by atoms with E-state index in [-0.39, 0.29) is 10.7 Å². The first-order chi connectivity index (χ1) is 7.09. The van der Waals surface area contributed by atoms with Crippen LogP contribution < -0.4 is 4.72 Å². The maximum atomic E-state index is 11.7. The largest absolute Gasteiger partial charge is 0.363 e. The Bertz CT molecular complexity index is 543. The maximum absolute atomic E-state index is 11.7. The van der Waals surface area contributed by atoms with Gasteiger partial charge in [-0.05, 0) is 6.92 Å². The first-order valence-corrected chi connectivity index (χ1v) is 5.51. The second kappa shape index (κ2) is 3.39. The van der Waals surface area contributed by atoms with Gasteiger partial charge in [-0.15, -0.1) is 0 Å². The van der Waals surface area contributed by atoms with Crippen LogP contribution >= 0.6 is 0 Å². The SMILES string of the molecule is Cc1[nH]ncc1S(=O)(=O)Nc1ccon1. The standard InChI is InChI=1S/C7H8N4O3S/c1-5-6(4-8-9-5)15(12,13)11-7-2-3-14-10-7/h2-4H,1H3,(H,8,9)(H,10,11). The van der Waals surface area contributed by atoms with Gasteiger partial charge in [-0.1, -0.05) is 5.16 Å². The van der Waals surface area contributed by atoms with Gasteiger partial charge in [0.2, 0.25) is 0 Å². The summed E-state index contributed by atoms with van der Waals surface area (Å²) in [5, 5.41) is 9.62. The van der Waals surface area contributed by atoms with Crippen molar-refractivity contribution in [2.24, 2.45) is 0 Å². The molecule has 2 N–H and O–H groups in total. The third-order valence-electron chi connectivity index (χ3n) is 1.75. The first kappa shape index (κ1) is 9.71. The van der Waals surface area contributed by atoms with Crippen LogP contribution in [-0.2, 0) is 10.0 Å². The number of nitrogens with one attached hydrogen (secondary N) is 2.